The van der Waals surface area contributed by atoms with Gasteiger partial charge in [-0.2, -0.15) is 10.2 Å². The van der Waals surface area contributed by atoms with Gasteiger partial charge in [-0.25, -0.2) is 10.0 Å². The molecule has 16 heteroatoms. The maximum absolute atomic E-state index is 12.6. The number of ether oxygens (including phenoxy) is 4. The predicted octanol–water partition coefficient (Wildman–Crippen LogP) is 7.76. The van der Waals surface area contributed by atoms with Crippen LogP contribution in [0.2, 0.25) is 0 Å². The number of amides is 4. The van der Waals surface area contributed by atoms with Crippen LogP contribution in [0.5, 0.6) is 23.0 Å². The number of hydrogen-bond acceptors (Lipinski definition) is 12. The normalized spacial score (nSPS) is 13.3. The van der Waals surface area contributed by atoms with Crippen molar-refractivity contribution in [1.29, 1.82) is 0 Å². The fourth-order valence-corrected chi connectivity index (χ4v) is 7.16. The largest absolute Gasteiger partial charge is 0.493 e. The van der Waals surface area contributed by atoms with Crippen LogP contribution in [0.3, 0.4) is 0 Å². The Morgan fingerprint density at radius 3 is 1.56 bits per heavy atom. The quantitative estimate of drug-likeness (QED) is 0.110. The van der Waals surface area contributed by atoms with E-state index in [0.717, 1.165) is 33.7 Å². The number of nitrogens with one attached hydrogen (secondary N) is 2. The summed E-state index contributed by atoms with van der Waals surface area (Å²) in [4.78, 5) is 58.1. The summed E-state index contributed by atoms with van der Waals surface area (Å²) < 4.78 is 21.4. The molecule has 0 saturated heterocycles. The Morgan fingerprint density at radius 1 is 0.530 bits per heavy atom. The van der Waals surface area contributed by atoms with Crippen molar-refractivity contribution in [1.82, 2.24) is 20.0 Å². The molecule has 2 aliphatic heterocycles. The zero-order chi connectivity index (χ0) is 46.4. The highest BCUT2D eigenvalue weighted by atomic mass is 16.5. The number of carbonyl (C=O) groups is 4. The summed E-state index contributed by atoms with van der Waals surface area (Å²) in [6.07, 6.45) is 8.07. The Hall–Kier alpha value is -8.40. The molecule has 0 saturated carbocycles. The van der Waals surface area contributed by atoms with Crippen LogP contribution in [0.1, 0.15) is 68.7 Å². The molecule has 2 aliphatic rings. The average molecular weight is 889 g/mol. The van der Waals surface area contributed by atoms with Crippen LogP contribution in [0.25, 0.3) is 0 Å². The molecule has 4 heterocycles. The molecule has 8 rings (SSSR count). The van der Waals surface area contributed by atoms with Crippen LogP contribution in [0.15, 0.2) is 144 Å². The van der Waals surface area contributed by atoms with Gasteiger partial charge in [-0.05, 0) is 90.0 Å². The van der Waals surface area contributed by atoms with E-state index in [2.05, 4.69) is 30.8 Å². The number of anilines is 2. The third-order valence-corrected chi connectivity index (χ3v) is 10.6. The first-order chi connectivity index (χ1) is 32.2. The predicted molar refractivity (Wildman–Crippen MR) is 249 cm³/mol. The lowest BCUT2D eigenvalue weighted by Gasteiger charge is -2.25. The van der Waals surface area contributed by atoms with Crippen molar-refractivity contribution < 1.29 is 38.1 Å². The maximum Gasteiger partial charge on any atom is 0.255 e. The highest BCUT2D eigenvalue weighted by Gasteiger charge is 2.25. The number of hydrogen-bond donors (Lipinski definition) is 2. The molecule has 0 radical (unpaired) electrons. The zero-order valence-electron chi connectivity index (χ0n) is 36.9. The molecular weight excluding hydrogens is 841 g/mol. The topological polar surface area (TPSA) is 186 Å². The Kier molecular flexibility index (Phi) is 15.1. The highest BCUT2D eigenvalue weighted by Crippen LogP contribution is 2.31. The third kappa shape index (κ3) is 11.4. The van der Waals surface area contributed by atoms with Gasteiger partial charge >= 0.3 is 0 Å². The summed E-state index contributed by atoms with van der Waals surface area (Å²) in [6.45, 7) is 0.539. The number of nitrogens with zero attached hydrogens (tertiary/aromatic N) is 6. The lowest BCUT2D eigenvalue weighted by Crippen LogP contribution is -2.32. The maximum atomic E-state index is 12.6. The number of pyridine rings is 2. The molecule has 16 nitrogen and oxygen atoms in total. The van der Waals surface area contributed by atoms with Crippen LogP contribution in [0, 0.1) is 0 Å². The van der Waals surface area contributed by atoms with E-state index in [1.807, 2.05) is 78.9 Å². The summed E-state index contributed by atoms with van der Waals surface area (Å²) >= 11 is 0. The molecule has 0 aliphatic carbocycles. The molecule has 0 bridgehead atoms. The van der Waals surface area contributed by atoms with Crippen LogP contribution < -0.4 is 29.6 Å². The second kappa shape index (κ2) is 21.8. The molecule has 6 aromatic rings. The van der Waals surface area contributed by atoms with Gasteiger partial charge in [0.25, 0.3) is 11.8 Å². The van der Waals surface area contributed by atoms with Crippen LogP contribution in [-0.2, 0) is 22.7 Å². The van der Waals surface area contributed by atoms with Crippen molar-refractivity contribution in [3.05, 3.63) is 167 Å². The number of methoxy groups -OCH3 is 4. The van der Waals surface area contributed by atoms with E-state index in [-0.39, 0.29) is 30.2 Å². The summed E-state index contributed by atoms with van der Waals surface area (Å²) in [5.41, 5.74) is 7.26. The van der Waals surface area contributed by atoms with Crippen LogP contribution in [0.4, 0.5) is 11.4 Å². The first kappa shape index (κ1) is 45.6. The lowest BCUT2D eigenvalue weighted by atomic mass is 10.0. The molecule has 0 fully saturated rings. The molecule has 0 atom stereocenters. The van der Waals surface area contributed by atoms with E-state index in [1.165, 1.54) is 10.0 Å². The van der Waals surface area contributed by atoms with Gasteiger partial charge in [-0.15, -0.1) is 0 Å². The number of rotatable bonds is 14. The molecule has 2 N–H and O–H groups in total. The lowest BCUT2D eigenvalue weighted by molar-refractivity contribution is -0.133. The molecule has 66 heavy (non-hydrogen) atoms. The average Bonchev–Trinajstić information content (AvgIpc) is 3.36. The van der Waals surface area contributed by atoms with Gasteiger partial charge in [0.2, 0.25) is 11.8 Å². The minimum Gasteiger partial charge on any atom is -0.493 e. The number of carbonyl (C=O) groups excluding carboxylic acids is 4. The van der Waals surface area contributed by atoms with E-state index >= 15 is 0 Å². The number of hydrazone groups is 2. The number of para-hydroxylation sites is 1. The van der Waals surface area contributed by atoms with Gasteiger partial charge in [0, 0.05) is 84.1 Å². The van der Waals surface area contributed by atoms with Gasteiger partial charge in [0.1, 0.15) is 0 Å². The molecule has 0 unspecified atom stereocenters. The Morgan fingerprint density at radius 2 is 1.03 bits per heavy atom. The number of aromatic nitrogens is 2. The van der Waals surface area contributed by atoms with Gasteiger partial charge in [-0.3, -0.25) is 29.1 Å². The van der Waals surface area contributed by atoms with E-state index in [1.54, 1.807) is 83.6 Å². The van der Waals surface area contributed by atoms with E-state index in [4.69, 9.17) is 18.9 Å². The minimum atomic E-state index is -0.246. The summed E-state index contributed by atoms with van der Waals surface area (Å²) in [6, 6.07) is 32.5. The highest BCUT2D eigenvalue weighted by molar-refractivity contribution is 6.06. The van der Waals surface area contributed by atoms with Crippen molar-refractivity contribution in [2.45, 2.75) is 38.8 Å². The molecule has 4 amide bonds. The van der Waals surface area contributed by atoms with Gasteiger partial charge in [0.15, 0.2) is 23.0 Å². The third-order valence-electron chi connectivity index (χ3n) is 10.6. The monoisotopic (exact) mass is 888 g/mol. The summed E-state index contributed by atoms with van der Waals surface area (Å²) in [5.74, 6) is 1.88. The van der Waals surface area contributed by atoms with Crippen molar-refractivity contribution in [3.63, 3.8) is 0 Å². The van der Waals surface area contributed by atoms with Crippen molar-refractivity contribution >= 4 is 46.4 Å². The Bertz CT molecular complexity index is 2770. The minimum absolute atomic E-state index is 0.0505. The van der Waals surface area contributed by atoms with E-state index in [0.29, 0.717) is 77.7 Å². The molecule has 2 aromatic heterocycles. The van der Waals surface area contributed by atoms with Crippen molar-refractivity contribution in [3.8, 4) is 23.0 Å². The second-order valence-electron chi connectivity index (χ2n) is 14.9. The SMILES string of the molecule is COc1ccc(C2=NN(Cc3cccc(NC(=O)c4ccncc4)c3)C(=O)CC2)cc1OC.COc1ccc(C2=NN(Cc3ccccc3NC(=O)c3ccncc3)C(=O)CC2)cc1OC. The summed E-state index contributed by atoms with van der Waals surface area (Å²) in [5, 5.41) is 17.9. The smallest absolute Gasteiger partial charge is 0.255 e. The van der Waals surface area contributed by atoms with Crippen LogP contribution in [-0.4, -0.2) is 83.5 Å². The Labute approximate surface area is 381 Å². The standard InChI is InChI=1S/2C25H24N4O4/c1-32-22-8-6-19(15-23(22)33-2)21-7-9-24(30)29(28-21)16-17-4-3-5-20(14-17)27-25(31)18-10-12-26-13-11-18;1-32-22-9-7-18(15-23(22)33-2)21-8-10-24(30)29(28-21)16-19-5-3-4-6-20(19)27-25(31)17-11-13-26-14-12-17/h3-6,8,10-15H,7,9,16H2,1-2H3,(H,27,31);3-7,9,11-15H,8,10,16H2,1-2H3,(H,27,31). The van der Waals surface area contributed by atoms with Crippen molar-refractivity contribution in [2.24, 2.45) is 10.2 Å². The van der Waals surface area contributed by atoms with Gasteiger partial charge < -0.3 is 29.6 Å². The van der Waals surface area contributed by atoms with Crippen molar-refractivity contribution in [2.75, 3.05) is 39.1 Å². The number of benzene rings is 4. The summed E-state index contributed by atoms with van der Waals surface area (Å²) in [7, 11) is 6.34. The van der Waals surface area contributed by atoms with Crippen LogP contribution >= 0.6 is 0 Å². The fraction of sp³-hybridized carbons (Fsp3) is 0.200. The second-order valence-corrected chi connectivity index (χ2v) is 14.9. The fourth-order valence-electron chi connectivity index (χ4n) is 7.16. The first-order valence-electron chi connectivity index (χ1n) is 21.0. The molecule has 336 valence electrons. The molecule has 4 aromatic carbocycles. The van der Waals surface area contributed by atoms with E-state index in [9.17, 15) is 19.2 Å². The van der Waals surface area contributed by atoms with E-state index < -0.39 is 0 Å². The first-order valence-corrected chi connectivity index (χ1v) is 21.0. The van der Waals surface area contributed by atoms with Gasteiger partial charge in [0.05, 0.1) is 53.0 Å². The molecular formula is C50H48N8O8. The zero-order valence-corrected chi connectivity index (χ0v) is 36.9. The van der Waals surface area contributed by atoms with Gasteiger partial charge in [-0.1, -0.05) is 30.3 Å². The molecule has 0 spiro atoms. The Balaban J connectivity index is 0.000000196.